The van der Waals surface area contributed by atoms with Crippen molar-refractivity contribution >= 4 is 140 Å². The molecule has 0 nitrogen and oxygen atoms in total. The molecule has 0 saturated heterocycles. The van der Waals surface area contributed by atoms with Gasteiger partial charge < -0.3 is 0 Å². The highest BCUT2D eigenvalue weighted by Gasteiger charge is 2.24. The highest BCUT2D eigenvalue weighted by molar-refractivity contribution is 6.34. The minimum atomic E-state index is 1.21. The van der Waals surface area contributed by atoms with Gasteiger partial charge in [-0.1, -0.05) is 267 Å². The Hall–Kier alpha value is -10.7. The van der Waals surface area contributed by atoms with E-state index in [1.807, 2.05) is 0 Å². The van der Waals surface area contributed by atoms with Crippen LogP contribution in [-0.2, 0) is 0 Å². The minimum Gasteiger partial charge on any atom is -0.0616 e. The molecule has 0 heteroatoms. The van der Waals surface area contributed by atoms with Crippen molar-refractivity contribution in [2.24, 2.45) is 0 Å². The van der Waals surface area contributed by atoms with Crippen LogP contribution in [0.1, 0.15) is 0 Å². The summed E-state index contributed by atoms with van der Waals surface area (Å²) in [5, 5.41) is 32.7. The minimum absolute atomic E-state index is 1.21. The molecule has 0 N–H and O–H groups in total. The zero-order valence-electron chi connectivity index (χ0n) is 44.7. The smallest absolute Gasteiger partial charge is 0.00137 e. The van der Waals surface area contributed by atoms with E-state index in [1.165, 1.54) is 185 Å². The molecule has 0 aliphatic carbocycles. The lowest BCUT2D eigenvalue weighted by Crippen LogP contribution is -1.94. The lowest BCUT2D eigenvalue weighted by molar-refractivity contribution is 1.68. The summed E-state index contributed by atoms with van der Waals surface area (Å²) in [6.07, 6.45) is 0. The van der Waals surface area contributed by atoms with Crippen LogP contribution in [0.25, 0.3) is 185 Å². The molecule has 0 heterocycles. The summed E-state index contributed by atoms with van der Waals surface area (Å²) >= 11 is 0. The molecule has 0 bridgehead atoms. The fraction of sp³-hybridized carbons (Fsp3) is 0. The van der Waals surface area contributed by atoms with Crippen molar-refractivity contribution in [3.8, 4) is 44.5 Å². The molecule has 0 saturated carbocycles. The van der Waals surface area contributed by atoms with E-state index in [9.17, 15) is 0 Å². The van der Waals surface area contributed by atoms with Crippen LogP contribution in [0.3, 0.4) is 0 Å². The first-order valence-electron chi connectivity index (χ1n) is 28.6. The van der Waals surface area contributed by atoms with Gasteiger partial charge in [0.1, 0.15) is 0 Å². The van der Waals surface area contributed by atoms with Crippen LogP contribution in [0.15, 0.2) is 291 Å². The molecule has 18 aromatic carbocycles. The first-order valence-corrected chi connectivity index (χ1v) is 28.6. The average molecular weight is 1030 g/mol. The molecule has 0 aliphatic heterocycles. The van der Waals surface area contributed by atoms with E-state index in [0.29, 0.717) is 0 Å². The molecule has 0 amide bonds. The molecule has 0 unspecified atom stereocenters. The van der Waals surface area contributed by atoms with Crippen LogP contribution in [0.2, 0.25) is 0 Å². The van der Waals surface area contributed by atoms with E-state index in [-0.39, 0.29) is 0 Å². The molecule has 376 valence electrons. The Morgan fingerprint density at radius 1 is 0.134 bits per heavy atom. The second-order valence-electron chi connectivity index (χ2n) is 22.5. The first-order chi connectivity index (χ1) is 40.7. The molecule has 0 radical (unpaired) electrons. The van der Waals surface area contributed by atoms with Gasteiger partial charge in [0.05, 0.1) is 0 Å². The lowest BCUT2D eigenvalue weighted by atomic mass is 9.81. The Kier molecular flexibility index (Phi) is 9.61. The molecule has 0 fully saturated rings. The molecule has 18 rings (SSSR count). The van der Waals surface area contributed by atoms with Crippen LogP contribution in [-0.4, -0.2) is 0 Å². The number of rotatable bonds is 4. The van der Waals surface area contributed by atoms with Crippen molar-refractivity contribution in [1.82, 2.24) is 0 Å². The predicted molar refractivity (Wildman–Crippen MR) is 356 cm³/mol. The maximum absolute atomic E-state index is 2.49. The quantitative estimate of drug-likeness (QED) is 0.122. The third-order valence-electron chi connectivity index (χ3n) is 18.3. The van der Waals surface area contributed by atoms with Gasteiger partial charge in [0, 0.05) is 0 Å². The van der Waals surface area contributed by atoms with Gasteiger partial charge in [0.15, 0.2) is 0 Å². The fourth-order valence-electron chi connectivity index (χ4n) is 14.8. The standard InChI is InChI=1S/C82H48/c1-5-21-57-49(17-1)37-41-65-61-25-9-11-27-63(61)75(47-73(57)65)81-69-31-15-13-29-67(69)77(71-43-39-51-19-3-7-23-59(51)79(71)81)55-35-33-54-46-56(36-34-53(54)45-55)78-68-30-14-16-32-70(68)82(80-60-24-8-4-20-52(60)40-44-72(78)80)76-48-74-58-22-6-2-18-50(58)38-42-66(74)62-26-10-12-28-64(62)76/h1-48H. The number of fused-ring (bicyclic) bond motifs is 19. The second kappa shape index (κ2) is 17.4. The van der Waals surface area contributed by atoms with Crippen LogP contribution >= 0.6 is 0 Å². The van der Waals surface area contributed by atoms with Gasteiger partial charge >= 0.3 is 0 Å². The van der Waals surface area contributed by atoms with Crippen LogP contribution in [0, 0.1) is 0 Å². The summed E-state index contributed by atoms with van der Waals surface area (Å²) in [6, 6.07) is 110. The predicted octanol–water partition coefficient (Wildman–Crippen LogP) is 23.3. The highest BCUT2D eigenvalue weighted by atomic mass is 14.3. The zero-order chi connectivity index (χ0) is 53.6. The van der Waals surface area contributed by atoms with Crippen molar-refractivity contribution in [2.45, 2.75) is 0 Å². The van der Waals surface area contributed by atoms with Gasteiger partial charge in [-0.2, -0.15) is 0 Å². The van der Waals surface area contributed by atoms with E-state index in [4.69, 9.17) is 0 Å². The van der Waals surface area contributed by atoms with Gasteiger partial charge in [-0.25, -0.2) is 0 Å². The van der Waals surface area contributed by atoms with Crippen molar-refractivity contribution in [2.75, 3.05) is 0 Å². The van der Waals surface area contributed by atoms with Crippen LogP contribution in [0.4, 0.5) is 0 Å². The molecular formula is C82H48. The van der Waals surface area contributed by atoms with Crippen molar-refractivity contribution in [1.29, 1.82) is 0 Å². The molecular weight excluding hydrogens is 985 g/mol. The number of hydrogen-bond donors (Lipinski definition) is 0. The third-order valence-corrected chi connectivity index (χ3v) is 18.3. The van der Waals surface area contributed by atoms with E-state index in [0.717, 1.165) is 0 Å². The Morgan fingerprint density at radius 3 is 0.793 bits per heavy atom. The van der Waals surface area contributed by atoms with E-state index in [2.05, 4.69) is 291 Å². The molecule has 82 heavy (non-hydrogen) atoms. The van der Waals surface area contributed by atoms with Gasteiger partial charge in [-0.3, -0.25) is 0 Å². The van der Waals surface area contributed by atoms with Crippen LogP contribution < -0.4 is 0 Å². The second-order valence-corrected chi connectivity index (χ2v) is 22.5. The van der Waals surface area contributed by atoms with Crippen molar-refractivity contribution in [3.63, 3.8) is 0 Å². The third kappa shape index (κ3) is 6.49. The Labute approximate surface area is 473 Å². The Bertz CT molecular complexity index is 5460. The molecule has 0 atom stereocenters. The van der Waals surface area contributed by atoms with Crippen molar-refractivity contribution < 1.29 is 0 Å². The van der Waals surface area contributed by atoms with Crippen LogP contribution in [0.5, 0.6) is 0 Å². The summed E-state index contributed by atoms with van der Waals surface area (Å²) in [4.78, 5) is 0. The van der Waals surface area contributed by atoms with E-state index in [1.54, 1.807) is 0 Å². The first kappa shape index (κ1) is 45.2. The molecule has 18 aromatic rings. The van der Waals surface area contributed by atoms with Gasteiger partial charge in [-0.05, 0) is 209 Å². The summed E-state index contributed by atoms with van der Waals surface area (Å²) in [6.45, 7) is 0. The largest absolute Gasteiger partial charge is 0.0616 e. The summed E-state index contributed by atoms with van der Waals surface area (Å²) < 4.78 is 0. The Balaban J connectivity index is 0.874. The summed E-state index contributed by atoms with van der Waals surface area (Å²) in [5.74, 6) is 0. The average Bonchev–Trinajstić information content (AvgIpc) is 2.52. The normalized spacial score (nSPS) is 12.1. The number of hydrogen-bond acceptors (Lipinski definition) is 0. The van der Waals surface area contributed by atoms with E-state index < -0.39 is 0 Å². The molecule has 0 aliphatic rings. The summed E-state index contributed by atoms with van der Waals surface area (Å²) in [7, 11) is 0. The summed E-state index contributed by atoms with van der Waals surface area (Å²) in [5.41, 5.74) is 10.0. The number of benzene rings is 18. The van der Waals surface area contributed by atoms with Gasteiger partial charge in [-0.15, -0.1) is 0 Å². The SMILES string of the molecule is c1ccc2c(c1)ccc1c3ccccc3c(-c3c4ccccc4c(-c4ccc5cc(-c6c7ccccc7c(-c7cc8c9ccccc9ccc8c8ccccc78)c7c6ccc6ccccc67)ccc5c4)c4ccc5ccccc5c34)cc21. The van der Waals surface area contributed by atoms with E-state index >= 15 is 0 Å². The maximum atomic E-state index is 2.49. The lowest BCUT2D eigenvalue weighted by Gasteiger charge is -2.22. The van der Waals surface area contributed by atoms with Gasteiger partial charge in [0.2, 0.25) is 0 Å². The monoisotopic (exact) mass is 1030 g/mol. The topological polar surface area (TPSA) is 0 Å². The molecule has 0 spiro atoms. The maximum Gasteiger partial charge on any atom is -0.00137 e. The fourth-order valence-corrected chi connectivity index (χ4v) is 14.8. The van der Waals surface area contributed by atoms with Gasteiger partial charge in [0.25, 0.3) is 0 Å². The Morgan fingerprint density at radius 2 is 0.402 bits per heavy atom. The highest BCUT2D eigenvalue weighted by Crippen LogP contribution is 2.52. The zero-order valence-corrected chi connectivity index (χ0v) is 44.7. The van der Waals surface area contributed by atoms with Crippen molar-refractivity contribution in [3.05, 3.63) is 291 Å². The molecule has 0 aromatic heterocycles.